The minimum absolute atomic E-state index is 0.0347. The summed E-state index contributed by atoms with van der Waals surface area (Å²) in [7, 11) is 1.66. The lowest BCUT2D eigenvalue weighted by Gasteiger charge is -2.24. The van der Waals surface area contributed by atoms with Crippen LogP contribution in [0.1, 0.15) is 38.4 Å². The zero-order chi connectivity index (χ0) is 13.8. The quantitative estimate of drug-likeness (QED) is 0.885. The number of nitrogens with one attached hydrogen (secondary N) is 1. The van der Waals surface area contributed by atoms with E-state index in [9.17, 15) is 4.79 Å². The summed E-state index contributed by atoms with van der Waals surface area (Å²) in [6.45, 7) is 4.91. The highest BCUT2D eigenvalue weighted by Crippen LogP contribution is 2.28. The van der Waals surface area contributed by atoms with Crippen LogP contribution in [0, 0.1) is 0 Å². The van der Waals surface area contributed by atoms with Gasteiger partial charge in [-0.2, -0.15) is 0 Å². The van der Waals surface area contributed by atoms with Gasteiger partial charge in [0.2, 0.25) is 5.91 Å². The van der Waals surface area contributed by atoms with Gasteiger partial charge < -0.3 is 9.64 Å². The van der Waals surface area contributed by atoms with Crippen molar-refractivity contribution in [3.8, 4) is 5.75 Å². The number of hydrogen-bond acceptors (Lipinski definition) is 3. The molecule has 0 aliphatic carbocycles. The number of hydrogen-bond donors (Lipinski definition) is 1. The lowest BCUT2D eigenvalue weighted by molar-refractivity contribution is -0.130. The Hall–Kier alpha value is -1.55. The van der Waals surface area contributed by atoms with Crippen molar-refractivity contribution in [1.82, 2.24) is 10.2 Å². The molecule has 1 fully saturated rings. The fraction of sp³-hybridized carbons (Fsp3) is 0.533. The molecule has 0 bridgehead atoms. The van der Waals surface area contributed by atoms with Gasteiger partial charge in [0.15, 0.2) is 0 Å². The molecule has 19 heavy (non-hydrogen) atoms. The van der Waals surface area contributed by atoms with E-state index in [0.29, 0.717) is 0 Å². The number of benzene rings is 1. The summed E-state index contributed by atoms with van der Waals surface area (Å²) < 4.78 is 5.26. The molecule has 2 atom stereocenters. The fourth-order valence-electron chi connectivity index (χ4n) is 2.54. The van der Waals surface area contributed by atoms with Crippen LogP contribution in [0.25, 0.3) is 0 Å². The molecule has 4 heteroatoms. The summed E-state index contributed by atoms with van der Waals surface area (Å²) in [5.41, 5.74) is 1.08. The van der Waals surface area contributed by atoms with Gasteiger partial charge in [-0.3, -0.25) is 10.1 Å². The molecule has 0 aromatic heterocycles. The Bertz CT molecular complexity index is 448. The van der Waals surface area contributed by atoms with E-state index in [1.807, 2.05) is 36.1 Å². The zero-order valence-corrected chi connectivity index (χ0v) is 11.8. The summed E-state index contributed by atoms with van der Waals surface area (Å²) in [5.74, 6) is 1.03. The van der Waals surface area contributed by atoms with Gasteiger partial charge in [0.1, 0.15) is 11.9 Å². The van der Waals surface area contributed by atoms with Crippen molar-refractivity contribution < 1.29 is 9.53 Å². The van der Waals surface area contributed by atoms with Crippen molar-refractivity contribution in [1.29, 1.82) is 0 Å². The maximum Gasteiger partial charge on any atom is 0.241 e. The van der Waals surface area contributed by atoms with Gasteiger partial charge in [-0.1, -0.05) is 26.0 Å². The predicted octanol–water partition coefficient (Wildman–Crippen LogP) is 2.31. The molecule has 4 nitrogen and oxygen atoms in total. The molecule has 0 saturated carbocycles. The first-order valence-corrected chi connectivity index (χ1v) is 6.91. The van der Waals surface area contributed by atoms with Gasteiger partial charge in [0.25, 0.3) is 0 Å². The van der Waals surface area contributed by atoms with E-state index in [0.717, 1.165) is 30.7 Å². The Labute approximate surface area is 114 Å². The molecule has 2 rings (SSSR count). The number of carbonyl (C=O) groups is 1. The third kappa shape index (κ3) is 2.73. The molecule has 1 N–H and O–H groups in total. The SMILES string of the molecule is CCCN1C(=O)C(CC)NC1c1cccc(OC)c1. The Morgan fingerprint density at radius 3 is 2.79 bits per heavy atom. The molecule has 104 valence electrons. The van der Waals surface area contributed by atoms with E-state index in [1.165, 1.54) is 0 Å². The molecule has 1 aromatic rings. The molecular formula is C15H22N2O2. The van der Waals surface area contributed by atoms with Crippen molar-refractivity contribution in [3.63, 3.8) is 0 Å². The van der Waals surface area contributed by atoms with E-state index in [2.05, 4.69) is 12.2 Å². The largest absolute Gasteiger partial charge is 0.497 e. The average molecular weight is 262 g/mol. The van der Waals surface area contributed by atoms with Gasteiger partial charge in [-0.05, 0) is 30.5 Å². The van der Waals surface area contributed by atoms with Crippen molar-refractivity contribution in [2.45, 2.75) is 38.9 Å². The molecule has 1 aromatic carbocycles. The third-order valence-electron chi connectivity index (χ3n) is 3.53. The number of rotatable bonds is 5. The first-order valence-electron chi connectivity index (χ1n) is 6.91. The van der Waals surface area contributed by atoms with Crippen LogP contribution in [0.2, 0.25) is 0 Å². The van der Waals surface area contributed by atoms with Crippen molar-refractivity contribution >= 4 is 5.91 Å². The summed E-state index contributed by atoms with van der Waals surface area (Å²) in [4.78, 5) is 14.2. The van der Waals surface area contributed by atoms with Gasteiger partial charge in [-0.25, -0.2) is 0 Å². The highest BCUT2D eigenvalue weighted by Gasteiger charge is 2.37. The van der Waals surface area contributed by atoms with Crippen molar-refractivity contribution in [2.75, 3.05) is 13.7 Å². The van der Waals surface area contributed by atoms with E-state index < -0.39 is 0 Å². The van der Waals surface area contributed by atoms with Crippen molar-refractivity contribution in [2.24, 2.45) is 0 Å². The standard InChI is InChI=1S/C15H22N2O2/c1-4-9-17-14(16-13(5-2)15(17)18)11-7-6-8-12(10-11)19-3/h6-8,10,13-14,16H,4-5,9H2,1-3H3. The summed E-state index contributed by atoms with van der Waals surface area (Å²) in [5, 5.41) is 3.41. The fourth-order valence-corrected chi connectivity index (χ4v) is 2.54. The highest BCUT2D eigenvalue weighted by atomic mass is 16.5. The first-order chi connectivity index (χ1) is 9.21. The molecule has 1 saturated heterocycles. The van der Waals surface area contributed by atoms with E-state index >= 15 is 0 Å². The summed E-state index contributed by atoms with van der Waals surface area (Å²) in [6.07, 6.45) is 1.75. The van der Waals surface area contributed by atoms with E-state index in [4.69, 9.17) is 4.74 Å². The molecule has 0 spiro atoms. The second-order valence-corrected chi connectivity index (χ2v) is 4.84. The topological polar surface area (TPSA) is 41.6 Å². The number of amides is 1. The van der Waals surface area contributed by atoms with Gasteiger partial charge in [-0.15, -0.1) is 0 Å². The minimum Gasteiger partial charge on any atom is -0.497 e. The Kier molecular flexibility index (Phi) is 4.43. The minimum atomic E-state index is -0.0669. The second-order valence-electron chi connectivity index (χ2n) is 4.84. The lowest BCUT2D eigenvalue weighted by Crippen LogP contribution is -2.31. The van der Waals surface area contributed by atoms with E-state index in [1.54, 1.807) is 7.11 Å². The van der Waals surface area contributed by atoms with E-state index in [-0.39, 0.29) is 18.1 Å². The van der Waals surface area contributed by atoms with Crippen LogP contribution in [0.4, 0.5) is 0 Å². The Balaban J connectivity index is 2.27. The maximum atomic E-state index is 12.3. The van der Waals surface area contributed by atoms with Crippen LogP contribution < -0.4 is 10.1 Å². The Morgan fingerprint density at radius 2 is 2.16 bits per heavy atom. The molecular weight excluding hydrogens is 240 g/mol. The average Bonchev–Trinajstić information content (AvgIpc) is 2.76. The normalized spacial score (nSPS) is 22.9. The molecule has 1 aliphatic heterocycles. The predicted molar refractivity (Wildman–Crippen MR) is 75.0 cm³/mol. The zero-order valence-electron chi connectivity index (χ0n) is 11.8. The highest BCUT2D eigenvalue weighted by molar-refractivity contribution is 5.84. The second kappa shape index (κ2) is 6.06. The van der Waals surface area contributed by atoms with Gasteiger partial charge in [0, 0.05) is 6.54 Å². The molecule has 0 radical (unpaired) electrons. The maximum absolute atomic E-state index is 12.3. The molecule has 1 amide bonds. The molecule has 1 heterocycles. The van der Waals surface area contributed by atoms with Crippen LogP contribution in [-0.4, -0.2) is 30.5 Å². The van der Waals surface area contributed by atoms with Crippen molar-refractivity contribution in [3.05, 3.63) is 29.8 Å². The Morgan fingerprint density at radius 1 is 1.37 bits per heavy atom. The van der Waals surface area contributed by atoms with Crippen LogP contribution in [-0.2, 0) is 4.79 Å². The first kappa shape index (κ1) is 13.9. The summed E-state index contributed by atoms with van der Waals surface area (Å²) >= 11 is 0. The number of methoxy groups -OCH3 is 1. The third-order valence-corrected chi connectivity index (χ3v) is 3.53. The number of ether oxygens (including phenoxy) is 1. The lowest BCUT2D eigenvalue weighted by atomic mass is 10.1. The van der Waals surface area contributed by atoms with Gasteiger partial charge >= 0.3 is 0 Å². The molecule has 2 unspecified atom stereocenters. The van der Waals surface area contributed by atoms with Crippen LogP contribution in [0.3, 0.4) is 0 Å². The van der Waals surface area contributed by atoms with Crippen LogP contribution in [0.15, 0.2) is 24.3 Å². The number of nitrogens with zero attached hydrogens (tertiary/aromatic N) is 1. The van der Waals surface area contributed by atoms with Crippen LogP contribution in [0.5, 0.6) is 5.75 Å². The van der Waals surface area contributed by atoms with Crippen LogP contribution >= 0.6 is 0 Å². The van der Waals surface area contributed by atoms with Gasteiger partial charge in [0.05, 0.1) is 13.2 Å². The summed E-state index contributed by atoms with van der Waals surface area (Å²) in [6, 6.07) is 7.84. The number of carbonyl (C=O) groups excluding carboxylic acids is 1. The smallest absolute Gasteiger partial charge is 0.241 e. The molecule has 1 aliphatic rings. The monoisotopic (exact) mass is 262 g/mol.